The molecule has 3 N–H and O–H groups in total. The molecule has 7 nitrogen and oxygen atoms in total. The van der Waals surface area contributed by atoms with Crippen LogP contribution in [0, 0.1) is 0 Å². The molecule has 0 saturated carbocycles. The van der Waals surface area contributed by atoms with Gasteiger partial charge < -0.3 is 14.9 Å². The fourth-order valence-corrected chi connectivity index (χ4v) is 1.58. The molecule has 0 radical (unpaired) electrons. The Labute approximate surface area is 99.8 Å². The molecule has 0 aliphatic carbocycles. The van der Waals surface area contributed by atoms with E-state index in [0.29, 0.717) is 0 Å². The number of nitrogens with one attached hydrogen (secondary N) is 1. The molecule has 98 valence electrons. The molecule has 0 bridgehead atoms. The van der Waals surface area contributed by atoms with Crippen LogP contribution in [-0.2, 0) is 4.74 Å². The molecule has 2 rings (SSSR count). The average molecular weight is 258 g/mol. The number of hydrogen-bond acceptors (Lipinski definition) is 5. The molecule has 8 heteroatoms. The minimum Gasteiger partial charge on any atom is -0.464 e. The summed E-state index contributed by atoms with van der Waals surface area (Å²) in [5, 5.41) is 18.7. The van der Waals surface area contributed by atoms with Crippen LogP contribution < -0.4 is 11.2 Å². The van der Waals surface area contributed by atoms with Gasteiger partial charge in [0.2, 0.25) is 5.88 Å². The van der Waals surface area contributed by atoms with Crippen molar-refractivity contribution in [1.82, 2.24) is 9.55 Å². The van der Waals surface area contributed by atoms with Gasteiger partial charge in [0.1, 0.15) is 12.8 Å². The van der Waals surface area contributed by atoms with Crippen molar-refractivity contribution in [3.63, 3.8) is 0 Å². The fraction of sp³-hybridized carbons (Fsp3) is 0.400. The number of rotatable bonds is 3. The van der Waals surface area contributed by atoms with Crippen molar-refractivity contribution >= 4 is 5.88 Å². The molecule has 2 atom stereocenters. The van der Waals surface area contributed by atoms with Crippen molar-refractivity contribution in [3.8, 4) is 0 Å². The number of halogens is 1. The van der Waals surface area contributed by atoms with E-state index in [9.17, 15) is 19.1 Å². The number of hydrogen-bond donors (Lipinski definition) is 3. The normalized spacial score (nSPS) is 26.8. The second-order valence-electron chi connectivity index (χ2n) is 3.89. The first-order chi connectivity index (χ1) is 8.52. The van der Waals surface area contributed by atoms with E-state index in [1.54, 1.807) is 0 Å². The number of aromatic nitrogens is 2. The number of nitrogens with zero attached hydrogens (tertiary/aromatic N) is 1. The molecular formula is C10H11FN2O5. The summed E-state index contributed by atoms with van der Waals surface area (Å²) in [4.78, 5) is 24.3. The highest BCUT2D eigenvalue weighted by molar-refractivity contribution is 5.43. The van der Waals surface area contributed by atoms with Gasteiger partial charge in [0, 0.05) is 18.3 Å². The van der Waals surface area contributed by atoms with Crippen LogP contribution in [0.15, 0.2) is 27.9 Å². The van der Waals surface area contributed by atoms with Gasteiger partial charge in [-0.15, -0.1) is 0 Å². The summed E-state index contributed by atoms with van der Waals surface area (Å²) < 4.78 is 18.8. The van der Waals surface area contributed by atoms with Crippen LogP contribution in [-0.4, -0.2) is 44.8 Å². The first-order valence-corrected chi connectivity index (χ1v) is 5.10. The molecule has 0 fully saturated rings. The smallest absolute Gasteiger partial charge is 0.335 e. The lowest BCUT2D eigenvalue weighted by Crippen LogP contribution is -2.46. The van der Waals surface area contributed by atoms with Crippen molar-refractivity contribution in [2.75, 3.05) is 13.3 Å². The first kappa shape index (κ1) is 12.5. The highest BCUT2D eigenvalue weighted by Gasteiger charge is 2.45. The Morgan fingerprint density at radius 3 is 2.78 bits per heavy atom. The topological polar surface area (TPSA) is 105 Å². The van der Waals surface area contributed by atoms with Gasteiger partial charge in [-0.3, -0.25) is 9.78 Å². The van der Waals surface area contributed by atoms with Gasteiger partial charge in [-0.2, -0.15) is 0 Å². The van der Waals surface area contributed by atoms with E-state index >= 15 is 0 Å². The fourth-order valence-electron chi connectivity index (χ4n) is 1.58. The van der Waals surface area contributed by atoms with Gasteiger partial charge in [0.25, 0.3) is 5.56 Å². The van der Waals surface area contributed by atoms with E-state index < -0.39 is 36.2 Å². The Morgan fingerprint density at radius 1 is 1.56 bits per heavy atom. The molecule has 0 unspecified atom stereocenters. The molecule has 0 amide bonds. The predicted molar refractivity (Wildman–Crippen MR) is 58.5 cm³/mol. The monoisotopic (exact) mass is 258 g/mol. The molecule has 2 heterocycles. The first-order valence-electron chi connectivity index (χ1n) is 5.10. The summed E-state index contributed by atoms with van der Waals surface area (Å²) in [5.74, 6) is -0.143. The average Bonchev–Trinajstić information content (AvgIpc) is 2.67. The molecule has 1 aromatic heterocycles. The molecule has 0 aromatic carbocycles. The zero-order valence-corrected chi connectivity index (χ0v) is 9.17. The Hall–Kier alpha value is -1.93. The lowest BCUT2D eigenvalue weighted by atomic mass is 10.0. The Kier molecular flexibility index (Phi) is 3.05. The van der Waals surface area contributed by atoms with Crippen LogP contribution in [0.25, 0.3) is 5.88 Å². The largest absolute Gasteiger partial charge is 0.464 e. The van der Waals surface area contributed by atoms with E-state index in [0.717, 1.165) is 22.9 Å². The molecular weight excluding hydrogens is 247 g/mol. The highest BCUT2D eigenvalue weighted by atomic mass is 19.1. The van der Waals surface area contributed by atoms with Crippen molar-refractivity contribution in [2.24, 2.45) is 0 Å². The minimum atomic E-state index is -1.80. The second-order valence-corrected chi connectivity index (χ2v) is 3.89. The van der Waals surface area contributed by atoms with Crippen LogP contribution in [0.5, 0.6) is 0 Å². The molecule has 1 aromatic rings. The third-order valence-corrected chi connectivity index (χ3v) is 2.70. The zero-order chi connectivity index (χ0) is 13.3. The third-order valence-electron chi connectivity index (χ3n) is 2.70. The maximum absolute atomic E-state index is 12.8. The number of aliphatic hydroxyl groups excluding tert-OH is 2. The van der Waals surface area contributed by atoms with Gasteiger partial charge >= 0.3 is 5.69 Å². The Morgan fingerprint density at radius 2 is 2.28 bits per heavy atom. The van der Waals surface area contributed by atoms with E-state index in [2.05, 4.69) is 0 Å². The molecule has 1 aliphatic heterocycles. The predicted octanol–water partition coefficient (Wildman–Crippen LogP) is -1.57. The van der Waals surface area contributed by atoms with Crippen molar-refractivity contribution in [2.45, 2.75) is 11.7 Å². The van der Waals surface area contributed by atoms with E-state index in [1.165, 1.54) is 0 Å². The van der Waals surface area contributed by atoms with E-state index in [1.807, 2.05) is 4.98 Å². The number of alkyl halides is 1. The van der Waals surface area contributed by atoms with Gasteiger partial charge in [-0.1, -0.05) is 0 Å². The standard InChI is InChI=1S/C10H11FN2O5/c11-4-10(5-14)6(15)3-8(18-10)13-2-1-7(16)12-9(13)17/h1-3,6,14-15H,4-5H2,(H,12,16,17)/t6-,10+/m0/s1. The van der Waals surface area contributed by atoms with Crippen LogP contribution >= 0.6 is 0 Å². The maximum Gasteiger partial charge on any atom is 0.335 e. The summed E-state index contributed by atoms with van der Waals surface area (Å²) in [5.41, 5.74) is -3.17. The number of aliphatic hydroxyl groups is 2. The van der Waals surface area contributed by atoms with Gasteiger partial charge in [-0.25, -0.2) is 13.8 Å². The molecule has 0 saturated heterocycles. The quantitative estimate of drug-likeness (QED) is 0.607. The lowest BCUT2D eigenvalue weighted by Gasteiger charge is -2.27. The Balaban J connectivity index is 2.40. The number of ether oxygens (including phenoxy) is 1. The van der Waals surface area contributed by atoms with Crippen LogP contribution in [0.1, 0.15) is 0 Å². The molecule has 1 aliphatic rings. The lowest BCUT2D eigenvalue weighted by molar-refractivity contribution is -0.0823. The zero-order valence-electron chi connectivity index (χ0n) is 9.17. The third kappa shape index (κ3) is 1.85. The van der Waals surface area contributed by atoms with E-state index in [-0.39, 0.29) is 5.88 Å². The van der Waals surface area contributed by atoms with Gasteiger partial charge in [0.05, 0.1) is 6.61 Å². The number of aromatic amines is 1. The van der Waals surface area contributed by atoms with Crippen LogP contribution in [0.4, 0.5) is 4.39 Å². The second kappa shape index (κ2) is 4.39. The van der Waals surface area contributed by atoms with Gasteiger partial charge in [0.15, 0.2) is 5.60 Å². The Bertz CT molecular complexity index is 586. The summed E-state index contributed by atoms with van der Waals surface area (Å²) in [6.07, 6.45) is 0.835. The van der Waals surface area contributed by atoms with Crippen LogP contribution in [0.2, 0.25) is 0 Å². The maximum atomic E-state index is 12.8. The summed E-state index contributed by atoms with van der Waals surface area (Å²) in [6.45, 7) is -1.87. The number of H-pyrrole nitrogens is 1. The minimum absolute atomic E-state index is 0.143. The molecule has 18 heavy (non-hydrogen) atoms. The summed E-state index contributed by atoms with van der Waals surface area (Å²) in [6, 6.07) is 1.08. The SMILES string of the molecule is O=c1ccn(C2=C[C@H](O)[C@](CO)(CF)O2)c(=O)[nH]1. The van der Waals surface area contributed by atoms with Crippen molar-refractivity contribution in [1.29, 1.82) is 0 Å². The summed E-state index contributed by atoms with van der Waals surface area (Å²) >= 11 is 0. The van der Waals surface area contributed by atoms with Gasteiger partial charge in [-0.05, 0) is 0 Å². The van der Waals surface area contributed by atoms with Crippen LogP contribution in [0.3, 0.4) is 0 Å². The van der Waals surface area contributed by atoms with E-state index in [4.69, 9.17) is 9.84 Å². The highest BCUT2D eigenvalue weighted by Crippen LogP contribution is 2.30. The molecule has 0 spiro atoms. The van der Waals surface area contributed by atoms with Crippen molar-refractivity contribution < 1.29 is 19.3 Å². The summed E-state index contributed by atoms with van der Waals surface area (Å²) in [7, 11) is 0. The van der Waals surface area contributed by atoms with Crippen molar-refractivity contribution in [3.05, 3.63) is 39.2 Å².